The standard InChI is InChI=1S/C21H20F3N3O2/c1-29-14-18-13-26(9-10-27(18)20(28)15-5-3-2-4-6-15)17-8-7-16(12-25)19(11-17)21(22,23)24/h2-8,11,18H,9-10,13-14H2,1H3. The maximum Gasteiger partial charge on any atom is 0.417 e. The van der Waals surface area contributed by atoms with Crippen LogP contribution in [-0.4, -0.2) is 50.2 Å². The molecule has 0 saturated carbocycles. The van der Waals surface area contributed by atoms with E-state index in [1.165, 1.54) is 19.2 Å². The van der Waals surface area contributed by atoms with Crippen molar-refractivity contribution in [1.82, 2.24) is 4.90 Å². The fraction of sp³-hybridized carbons (Fsp3) is 0.333. The number of halogens is 3. The number of piperazine rings is 1. The molecule has 0 aromatic heterocycles. The summed E-state index contributed by atoms with van der Waals surface area (Å²) in [4.78, 5) is 16.3. The highest BCUT2D eigenvalue weighted by Crippen LogP contribution is 2.35. The van der Waals surface area contributed by atoms with E-state index in [9.17, 15) is 18.0 Å². The number of alkyl halides is 3. The van der Waals surface area contributed by atoms with Crippen molar-refractivity contribution < 1.29 is 22.7 Å². The minimum atomic E-state index is -4.61. The van der Waals surface area contributed by atoms with E-state index >= 15 is 0 Å². The summed E-state index contributed by atoms with van der Waals surface area (Å²) in [6.45, 7) is 1.32. The van der Waals surface area contributed by atoms with Crippen molar-refractivity contribution in [3.63, 3.8) is 0 Å². The third kappa shape index (κ3) is 4.51. The Bertz CT molecular complexity index is 910. The number of nitriles is 1. The molecule has 3 rings (SSSR count). The Kier molecular flexibility index (Phi) is 6.09. The molecule has 2 aromatic carbocycles. The van der Waals surface area contributed by atoms with Gasteiger partial charge in [-0.15, -0.1) is 0 Å². The van der Waals surface area contributed by atoms with Crippen LogP contribution in [0.2, 0.25) is 0 Å². The van der Waals surface area contributed by atoms with Crippen molar-refractivity contribution in [2.24, 2.45) is 0 Å². The van der Waals surface area contributed by atoms with Gasteiger partial charge in [-0.25, -0.2) is 0 Å². The first-order valence-electron chi connectivity index (χ1n) is 9.06. The molecule has 1 unspecified atom stereocenters. The lowest BCUT2D eigenvalue weighted by Gasteiger charge is -2.42. The first kappa shape index (κ1) is 20.7. The quantitative estimate of drug-likeness (QED) is 0.784. The average molecular weight is 403 g/mol. The summed E-state index contributed by atoms with van der Waals surface area (Å²) < 4.78 is 45.1. The third-order valence-corrected chi connectivity index (χ3v) is 4.92. The van der Waals surface area contributed by atoms with E-state index in [2.05, 4.69) is 0 Å². The number of carbonyl (C=O) groups is 1. The molecule has 1 heterocycles. The summed E-state index contributed by atoms with van der Waals surface area (Å²) >= 11 is 0. The van der Waals surface area contributed by atoms with Gasteiger partial charge in [-0.3, -0.25) is 4.79 Å². The predicted octanol–water partition coefficient (Wildman–Crippen LogP) is 3.55. The van der Waals surface area contributed by atoms with Crippen molar-refractivity contribution in [3.05, 3.63) is 65.2 Å². The molecular formula is C21H20F3N3O2. The molecule has 1 atom stereocenters. The zero-order valence-corrected chi connectivity index (χ0v) is 15.8. The molecule has 1 aliphatic heterocycles. The second-order valence-electron chi connectivity index (χ2n) is 6.76. The third-order valence-electron chi connectivity index (χ3n) is 4.92. The number of nitrogens with zero attached hydrogens (tertiary/aromatic N) is 3. The fourth-order valence-electron chi connectivity index (χ4n) is 3.50. The fourth-order valence-corrected chi connectivity index (χ4v) is 3.50. The minimum absolute atomic E-state index is 0.136. The van der Waals surface area contributed by atoms with E-state index in [1.807, 2.05) is 6.07 Å². The number of benzene rings is 2. The summed E-state index contributed by atoms with van der Waals surface area (Å²) in [6, 6.07) is 13.8. The van der Waals surface area contributed by atoms with Crippen LogP contribution in [0, 0.1) is 11.3 Å². The molecule has 0 bridgehead atoms. The van der Waals surface area contributed by atoms with Gasteiger partial charge in [0.15, 0.2) is 0 Å². The van der Waals surface area contributed by atoms with Gasteiger partial charge >= 0.3 is 6.18 Å². The van der Waals surface area contributed by atoms with E-state index in [-0.39, 0.29) is 18.6 Å². The summed E-state index contributed by atoms with van der Waals surface area (Å²) in [7, 11) is 1.52. The molecule has 5 nitrogen and oxygen atoms in total. The van der Waals surface area contributed by atoms with E-state index in [0.29, 0.717) is 30.9 Å². The minimum Gasteiger partial charge on any atom is -0.382 e. The Morgan fingerprint density at radius 3 is 2.55 bits per heavy atom. The lowest BCUT2D eigenvalue weighted by Crippen LogP contribution is -2.57. The predicted molar refractivity (Wildman–Crippen MR) is 102 cm³/mol. The summed E-state index contributed by atoms with van der Waals surface area (Å²) in [5, 5.41) is 8.97. The van der Waals surface area contributed by atoms with Crippen LogP contribution in [0.1, 0.15) is 21.5 Å². The van der Waals surface area contributed by atoms with Crippen molar-refractivity contribution in [3.8, 4) is 6.07 Å². The van der Waals surface area contributed by atoms with E-state index in [1.54, 1.807) is 40.1 Å². The van der Waals surface area contributed by atoms with E-state index in [4.69, 9.17) is 10.00 Å². The molecule has 8 heteroatoms. The number of hydrogen-bond acceptors (Lipinski definition) is 4. The largest absolute Gasteiger partial charge is 0.417 e. The van der Waals surface area contributed by atoms with Gasteiger partial charge in [0.05, 0.1) is 29.8 Å². The van der Waals surface area contributed by atoms with Crippen LogP contribution in [0.15, 0.2) is 48.5 Å². The van der Waals surface area contributed by atoms with Gasteiger partial charge < -0.3 is 14.5 Å². The number of rotatable bonds is 4. The van der Waals surface area contributed by atoms with Gasteiger partial charge in [0.25, 0.3) is 5.91 Å². The molecule has 0 N–H and O–H groups in total. The Labute approximate surface area is 166 Å². The smallest absolute Gasteiger partial charge is 0.382 e. The molecular weight excluding hydrogens is 383 g/mol. The van der Waals surface area contributed by atoms with Crippen LogP contribution in [0.4, 0.5) is 18.9 Å². The van der Waals surface area contributed by atoms with Gasteiger partial charge in [-0.2, -0.15) is 18.4 Å². The normalized spacial score (nSPS) is 17.1. The molecule has 1 aliphatic rings. The van der Waals surface area contributed by atoms with E-state index < -0.39 is 17.3 Å². The maximum absolute atomic E-state index is 13.3. The Hall–Kier alpha value is -3.05. The molecule has 1 saturated heterocycles. The van der Waals surface area contributed by atoms with Crippen molar-refractivity contribution in [2.45, 2.75) is 12.2 Å². The van der Waals surface area contributed by atoms with E-state index in [0.717, 1.165) is 6.07 Å². The number of amides is 1. The highest BCUT2D eigenvalue weighted by Gasteiger charge is 2.36. The molecule has 2 aromatic rings. The van der Waals surface area contributed by atoms with Gasteiger partial charge in [-0.05, 0) is 30.3 Å². The second-order valence-corrected chi connectivity index (χ2v) is 6.76. The second kappa shape index (κ2) is 8.53. The molecule has 0 spiro atoms. The summed E-state index contributed by atoms with van der Waals surface area (Å²) in [6.07, 6.45) is -4.61. The zero-order valence-electron chi connectivity index (χ0n) is 15.8. The summed E-state index contributed by atoms with van der Waals surface area (Å²) in [5.74, 6) is -0.136. The van der Waals surface area contributed by atoms with Crippen molar-refractivity contribution in [1.29, 1.82) is 5.26 Å². The lowest BCUT2D eigenvalue weighted by molar-refractivity contribution is -0.137. The Balaban J connectivity index is 1.84. The van der Waals surface area contributed by atoms with Crippen LogP contribution in [0.3, 0.4) is 0 Å². The Morgan fingerprint density at radius 1 is 1.21 bits per heavy atom. The first-order chi connectivity index (χ1) is 13.8. The van der Waals surface area contributed by atoms with Crippen LogP contribution in [0.5, 0.6) is 0 Å². The highest BCUT2D eigenvalue weighted by atomic mass is 19.4. The molecule has 1 amide bonds. The van der Waals surface area contributed by atoms with Gasteiger partial charge in [0.1, 0.15) is 0 Å². The van der Waals surface area contributed by atoms with Gasteiger partial charge in [0, 0.05) is 38.0 Å². The first-order valence-corrected chi connectivity index (χ1v) is 9.06. The SMILES string of the molecule is COCC1CN(c2ccc(C#N)c(C(F)(F)F)c2)CCN1C(=O)c1ccccc1. The molecule has 0 radical (unpaired) electrons. The van der Waals surface area contributed by atoms with Crippen LogP contribution in [-0.2, 0) is 10.9 Å². The average Bonchev–Trinajstić information content (AvgIpc) is 2.73. The highest BCUT2D eigenvalue weighted by molar-refractivity contribution is 5.94. The van der Waals surface area contributed by atoms with Crippen LogP contribution >= 0.6 is 0 Å². The molecule has 1 fully saturated rings. The lowest BCUT2D eigenvalue weighted by atomic mass is 10.0. The number of methoxy groups -OCH3 is 1. The molecule has 29 heavy (non-hydrogen) atoms. The number of carbonyl (C=O) groups excluding carboxylic acids is 1. The van der Waals surface area contributed by atoms with Gasteiger partial charge in [-0.1, -0.05) is 18.2 Å². The molecule has 152 valence electrons. The van der Waals surface area contributed by atoms with Crippen LogP contribution < -0.4 is 4.90 Å². The monoisotopic (exact) mass is 403 g/mol. The summed E-state index contributed by atoms with van der Waals surface area (Å²) in [5.41, 5.74) is -0.444. The van der Waals surface area contributed by atoms with Crippen molar-refractivity contribution >= 4 is 11.6 Å². The zero-order chi connectivity index (χ0) is 21.0. The number of hydrogen-bond donors (Lipinski definition) is 0. The number of anilines is 1. The Morgan fingerprint density at radius 2 is 1.93 bits per heavy atom. The van der Waals surface area contributed by atoms with Crippen LogP contribution in [0.25, 0.3) is 0 Å². The van der Waals surface area contributed by atoms with Gasteiger partial charge in [0.2, 0.25) is 0 Å². The topological polar surface area (TPSA) is 56.6 Å². The maximum atomic E-state index is 13.3. The molecule has 0 aliphatic carbocycles. The van der Waals surface area contributed by atoms with Crippen molar-refractivity contribution in [2.75, 3.05) is 38.3 Å². The number of ether oxygens (including phenoxy) is 1.